The van der Waals surface area contributed by atoms with Crippen molar-refractivity contribution in [2.75, 3.05) is 13.7 Å². The van der Waals surface area contributed by atoms with Crippen molar-refractivity contribution >= 4 is 18.0 Å². The molecular formula is C16H17NO5. The molecule has 116 valence electrons. The Kier molecular flexibility index (Phi) is 6.56. The molecule has 1 rings (SSSR count). The normalized spacial score (nSPS) is 11.3. The van der Waals surface area contributed by atoms with E-state index in [1.807, 2.05) is 0 Å². The number of nitrogens with zero attached hydrogens (tertiary/aromatic N) is 1. The highest BCUT2D eigenvalue weighted by molar-refractivity contribution is 6.00. The van der Waals surface area contributed by atoms with Crippen LogP contribution in [0.25, 0.3) is 0 Å². The molecule has 22 heavy (non-hydrogen) atoms. The Morgan fingerprint density at radius 3 is 2.77 bits per heavy atom. The lowest BCUT2D eigenvalue weighted by atomic mass is 10.2. The highest BCUT2D eigenvalue weighted by Crippen LogP contribution is 2.25. The minimum absolute atomic E-state index is 0.00928. The molecule has 0 amide bonds. The molecule has 1 aromatic rings. The van der Waals surface area contributed by atoms with Crippen LogP contribution in [0.4, 0.5) is 0 Å². The van der Waals surface area contributed by atoms with Crippen LogP contribution in [0.5, 0.6) is 11.5 Å². The van der Waals surface area contributed by atoms with Crippen molar-refractivity contribution in [2.45, 2.75) is 6.92 Å². The maximum absolute atomic E-state index is 11.3. The van der Waals surface area contributed by atoms with Gasteiger partial charge in [0.05, 0.1) is 18.4 Å². The minimum Gasteiger partial charge on any atom is -0.507 e. The number of phenols is 1. The first-order chi connectivity index (χ1) is 10.5. The van der Waals surface area contributed by atoms with Crippen LogP contribution in [-0.4, -0.2) is 36.8 Å². The molecule has 0 heterocycles. The van der Waals surface area contributed by atoms with Crippen LogP contribution < -0.4 is 4.74 Å². The van der Waals surface area contributed by atoms with Crippen LogP contribution in [0.15, 0.2) is 47.6 Å². The number of carbonyl (C=O) groups excluding carboxylic acids is 2. The minimum atomic E-state index is -0.645. The summed E-state index contributed by atoms with van der Waals surface area (Å²) < 4.78 is 9.99. The molecule has 0 fully saturated rings. The number of hydrogen-bond acceptors (Lipinski definition) is 6. The van der Waals surface area contributed by atoms with Gasteiger partial charge in [0, 0.05) is 0 Å². The lowest BCUT2D eigenvalue weighted by Crippen LogP contribution is -2.12. The van der Waals surface area contributed by atoms with E-state index >= 15 is 0 Å². The van der Waals surface area contributed by atoms with E-state index in [1.54, 1.807) is 31.2 Å². The fraction of sp³-hybridized carbons (Fsp3) is 0.188. The first kappa shape index (κ1) is 17.2. The van der Waals surface area contributed by atoms with Gasteiger partial charge in [0.1, 0.15) is 23.8 Å². The second kappa shape index (κ2) is 8.41. The SMILES string of the molecule is C=C(/N=C(\C=C/C)COc1cccc(O)c1C=O)C(=O)OC. The summed E-state index contributed by atoms with van der Waals surface area (Å²) in [6, 6.07) is 4.49. The van der Waals surface area contributed by atoms with E-state index in [4.69, 9.17) is 4.74 Å². The Bertz CT molecular complexity index is 631. The molecule has 0 aliphatic heterocycles. The fourth-order valence-electron chi connectivity index (χ4n) is 1.58. The Hall–Kier alpha value is -2.89. The van der Waals surface area contributed by atoms with Gasteiger partial charge >= 0.3 is 5.97 Å². The molecule has 0 unspecified atom stereocenters. The van der Waals surface area contributed by atoms with Gasteiger partial charge in [0.15, 0.2) is 6.29 Å². The molecule has 0 radical (unpaired) electrons. The third-order valence-corrected chi connectivity index (χ3v) is 2.60. The summed E-state index contributed by atoms with van der Waals surface area (Å²) in [5.74, 6) is -0.597. The molecule has 0 aliphatic rings. The Morgan fingerprint density at radius 1 is 1.45 bits per heavy atom. The zero-order valence-electron chi connectivity index (χ0n) is 12.4. The molecule has 0 saturated heterocycles. The van der Waals surface area contributed by atoms with Gasteiger partial charge in [-0.25, -0.2) is 9.79 Å². The lowest BCUT2D eigenvalue weighted by Gasteiger charge is -2.09. The Balaban J connectivity index is 2.92. The maximum atomic E-state index is 11.3. The molecule has 1 aromatic carbocycles. The van der Waals surface area contributed by atoms with Crippen molar-refractivity contribution in [3.05, 3.63) is 48.2 Å². The van der Waals surface area contributed by atoms with Gasteiger partial charge in [0.2, 0.25) is 0 Å². The highest BCUT2D eigenvalue weighted by Gasteiger charge is 2.10. The summed E-state index contributed by atoms with van der Waals surface area (Å²) in [4.78, 5) is 26.3. The third-order valence-electron chi connectivity index (χ3n) is 2.60. The van der Waals surface area contributed by atoms with Gasteiger partial charge in [-0.3, -0.25) is 4.79 Å². The topological polar surface area (TPSA) is 85.2 Å². The van der Waals surface area contributed by atoms with E-state index in [0.29, 0.717) is 12.0 Å². The van der Waals surface area contributed by atoms with E-state index < -0.39 is 5.97 Å². The van der Waals surface area contributed by atoms with Crippen molar-refractivity contribution in [1.29, 1.82) is 0 Å². The number of aromatic hydroxyl groups is 1. The largest absolute Gasteiger partial charge is 0.507 e. The standard InChI is InChI=1S/C16H17NO5/c1-4-6-12(17-11(2)16(20)21-3)10-22-15-8-5-7-14(19)13(15)9-18/h4-9,19H,2,10H2,1,3H3/b6-4-,17-12+. The molecule has 0 aromatic heterocycles. The predicted octanol–water partition coefficient (Wildman–Crippen LogP) is 2.29. The average Bonchev–Trinajstić information content (AvgIpc) is 2.51. The molecule has 0 spiro atoms. The summed E-state index contributed by atoms with van der Waals surface area (Å²) in [5, 5.41) is 9.58. The van der Waals surface area contributed by atoms with Gasteiger partial charge < -0.3 is 14.6 Å². The van der Waals surface area contributed by atoms with Crippen molar-refractivity contribution in [1.82, 2.24) is 0 Å². The van der Waals surface area contributed by atoms with Crippen LogP contribution in [0, 0.1) is 0 Å². The number of esters is 1. The lowest BCUT2D eigenvalue weighted by molar-refractivity contribution is -0.136. The smallest absolute Gasteiger partial charge is 0.356 e. The van der Waals surface area contributed by atoms with Crippen molar-refractivity contribution in [3.63, 3.8) is 0 Å². The zero-order valence-corrected chi connectivity index (χ0v) is 12.4. The number of hydrogen-bond donors (Lipinski definition) is 1. The number of ether oxygens (including phenoxy) is 2. The highest BCUT2D eigenvalue weighted by atomic mass is 16.5. The van der Waals surface area contributed by atoms with Crippen molar-refractivity contribution in [3.8, 4) is 11.5 Å². The van der Waals surface area contributed by atoms with Crippen LogP contribution >= 0.6 is 0 Å². The van der Waals surface area contributed by atoms with E-state index in [2.05, 4.69) is 16.3 Å². The number of methoxy groups -OCH3 is 1. The number of phenolic OH excluding ortho intramolecular Hbond substituents is 1. The van der Waals surface area contributed by atoms with Gasteiger partial charge in [-0.1, -0.05) is 18.7 Å². The molecule has 0 atom stereocenters. The predicted molar refractivity (Wildman–Crippen MR) is 82.4 cm³/mol. The first-order valence-electron chi connectivity index (χ1n) is 6.40. The number of aldehydes is 1. The quantitative estimate of drug-likeness (QED) is 0.361. The summed E-state index contributed by atoms with van der Waals surface area (Å²) >= 11 is 0. The van der Waals surface area contributed by atoms with E-state index in [-0.39, 0.29) is 29.4 Å². The summed E-state index contributed by atoms with van der Waals surface area (Å²) in [7, 11) is 1.23. The molecule has 6 heteroatoms. The van der Waals surface area contributed by atoms with Gasteiger partial charge in [-0.05, 0) is 25.1 Å². The average molecular weight is 303 g/mol. The zero-order chi connectivity index (χ0) is 16.5. The number of benzene rings is 1. The molecule has 0 bridgehead atoms. The third kappa shape index (κ3) is 4.59. The van der Waals surface area contributed by atoms with Gasteiger partial charge in [-0.15, -0.1) is 0 Å². The van der Waals surface area contributed by atoms with E-state index in [0.717, 1.165) is 0 Å². The second-order valence-corrected chi connectivity index (χ2v) is 4.14. The molecular weight excluding hydrogens is 286 g/mol. The molecule has 1 N–H and O–H groups in total. The van der Waals surface area contributed by atoms with E-state index in [1.165, 1.54) is 13.2 Å². The Morgan fingerprint density at radius 2 is 2.18 bits per heavy atom. The first-order valence-corrected chi connectivity index (χ1v) is 6.40. The molecule has 0 aliphatic carbocycles. The number of rotatable bonds is 7. The second-order valence-electron chi connectivity index (χ2n) is 4.14. The fourth-order valence-corrected chi connectivity index (χ4v) is 1.58. The number of aliphatic imine (C=N–C) groups is 1. The molecule has 6 nitrogen and oxygen atoms in total. The summed E-state index contributed by atoms with van der Waals surface area (Å²) in [6.07, 6.45) is 3.86. The monoisotopic (exact) mass is 303 g/mol. The van der Waals surface area contributed by atoms with Gasteiger partial charge in [0.25, 0.3) is 0 Å². The number of allylic oxidation sites excluding steroid dienone is 1. The number of carbonyl (C=O) groups is 2. The van der Waals surface area contributed by atoms with Crippen molar-refractivity contribution in [2.24, 2.45) is 4.99 Å². The van der Waals surface area contributed by atoms with Crippen molar-refractivity contribution < 1.29 is 24.2 Å². The maximum Gasteiger partial charge on any atom is 0.356 e. The Labute approximate surface area is 128 Å². The summed E-state index contributed by atoms with van der Waals surface area (Å²) in [5.41, 5.74) is 0.401. The summed E-state index contributed by atoms with van der Waals surface area (Å²) in [6.45, 7) is 5.27. The molecule has 0 saturated carbocycles. The van der Waals surface area contributed by atoms with E-state index in [9.17, 15) is 14.7 Å². The van der Waals surface area contributed by atoms with Crippen LogP contribution in [0.3, 0.4) is 0 Å². The van der Waals surface area contributed by atoms with Crippen LogP contribution in [-0.2, 0) is 9.53 Å². The van der Waals surface area contributed by atoms with Gasteiger partial charge in [-0.2, -0.15) is 0 Å². The van der Waals surface area contributed by atoms with Crippen LogP contribution in [0.1, 0.15) is 17.3 Å². The van der Waals surface area contributed by atoms with Crippen LogP contribution in [0.2, 0.25) is 0 Å².